The first-order valence-electron chi connectivity index (χ1n) is 10.6. The zero-order valence-corrected chi connectivity index (χ0v) is 17.9. The molecule has 0 saturated heterocycles. The van der Waals surface area contributed by atoms with Gasteiger partial charge in [0.15, 0.2) is 5.76 Å². The van der Waals surface area contributed by atoms with E-state index in [1.54, 1.807) is 6.07 Å². The van der Waals surface area contributed by atoms with Crippen LogP contribution < -0.4 is 4.74 Å². The molecule has 0 bridgehead atoms. The molecule has 0 N–H and O–H groups in total. The Morgan fingerprint density at radius 2 is 1.64 bits per heavy atom. The molecule has 0 saturated carbocycles. The van der Waals surface area contributed by atoms with Crippen molar-refractivity contribution in [3.05, 3.63) is 96.3 Å². The number of benzene rings is 3. The monoisotopic (exact) mass is 433 g/mol. The highest BCUT2D eigenvalue weighted by Crippen LogP contribution is 2.28. The number of furan rings is 1. The summed E-state index contributed by atoms with van der Waals surface area (Å²) in [6, 6.07) is 27.8. The van der Waals surface area contributed by atoms with E-state index in [0.717, 1.165) is 27.4 Å². The highest BCUT2D eigenvalue weighted by Gasteiger charge is 2.16. The second kappa shape index (κ2) is 7.91. The molecule has 0 aliphatic rings. The van der Waals surface area contributed by atoms with Crippen LogP contribution >= 0.6 is 0 Å². The van der Waals surface area contributed by atoms with E-state index in [1.165, 1.54) is 5.56 Å². The van der Waals surface area contributed by atoms with Crippen LogP contribution in [0.3, 0.4) is 0 Å². The molecule has 3 heterocycles. The molecular formula is C27H19N3O3. The highest BCUT2D eigenvalue weighted by atomic mass is 16.5. The molecule has 0 aliphatic heterocycles. The van der Waals surface area contributed by atoms with E-state index in [9.17, 15) is 0 Å². The van der Waals surface area contributed by atoms with Crippen LogP contribution in [-0.2, 0) is 6.61 Å². The standard InChI is InChI=1S/C27H19N3O3/c1-17-9-12-22-19(15-17)10-13-23(28-22)26-29-30-27(33-26)25-14-11-20(32-25)16-31-24-8-4-6-18-5-2-3-7-21(18)24/h2-15H,16H2,1H3. The first kappa shape index (κ1) is 19.3. The molecule has 6 rings (SSSR count). The molecule has 0 aliphatic carbocycles. The second-order valence-electron chi connectivity index (χ2n) is 7.84. The summed E-state index contributed by atoms with van der Waals surface area (Å²) in [4.78, 5) is 4.64. The van der Waals surface area contributed by atoms with Crippen LogP contribution in [0, 0.1) is 6.92 Å². The molecule has 3 aromatic carbocycles. The number of rotatable bonds is 5. The molecular weight excluding hydrogens is 414 g/mol. The summed E-state index contributed by atoms with van der Waals surface area (Å²) >= 11 is 0. The fraction of sp³-hybridized carbons (Fsp3) is 0.0741. The summed E-state index contributed by atoms with van der Waals surface area (Å²) in [5.74, 6) is 2.60. The lowest BCUT2D eigenvalue weighted by molar-refractivity contribution is 0.274. The Morgan fingerprint density at radius 1 is 0.758 bits per heavy atom. The smallest absolute Gasteiger partial charge is 0.283 e. The number of aryl methyl sites for hydroxylation is 1. The van der Waals surface area contributed by atoms with Crippen LogP contribution in [0.1, 0.15) is 11.3 Å². The lowest BCUT2D eigenvalue weighted by Gasteiger charge is -2.07. The van der Waals surface area contributed by atoms with Crippen LogP contribution in [0.4, 0.5) is 0 Å². The number of fused-ring (bicyclic) bond motifs is 2. The lowest BCUT2D eigenvalue weighted by atomic mass is 10.1. The average molecular weight is 433 g/mol. The third-order valence-corrected chi connectivity index (χ3v) is 5.48. The molecule has 33 heavy (non-hydrogen) atoms. The van der Waals surface area contributed by atoms with Crippen molar-refractivity contribution in [2.24, 2.45) is 0 Å². The zero-order chi connectivity index (χ0) is 22.2. The number of ether oxygens (including phenoxy) is 1. The third kappa shape index (κ3) is 3.72. The quantitative estimate of drug-likeness (QED) is 0.305. The average Bonchev–Trinajstić information content (AvgIpc) is 3.52. The van der Waals surface area contributed by atoms with Gasteiger partial charge in [-0.2, -0.15) is 0 Å². The summed E-state index contributed by atoms with van der Waals surface area (Å²) in [7, 11) is 0. The van der Waals surface area contributed by atoms with E-state index >= 15 is 0 Å². The Balaban J connectivity index is 1.21. The number of nitrogens with zero attached hydrogens (tertiary/aromatic N) is 3. The molecule has 160 valence electrons. The molecule has 0 radical (unpaired) electrons. The number of pyridine rings is 1. The third-order valence-electron chi connectivity index (χ3n) is 5.48. The van der Waals surface area contributed by atoms with Gasteiger partial charge in [0.2, 0.25) is 0 Å². The minimum Gasteiger partial charge on any atom is -0.485 e. The Morgan fingerprint density at radius 3 is 2.61 bits per heavy atom. The number of hydrogen-bond donors (Lipinski definition) is 0. The SMILES string of the molecule is Cc1ccc2nc(-c3nnc(-c4ccc(COc5cccc6ccccc56)o4)o3)ccc2c1. The van der Waals surface area contributed by atoms with Gasteiger partial charge in [0, 0.05) is 10.8 Å². The highest BCUT2D eigenvalue weighted by molar-refractivity contribution is 5.88. The van der Waals surface area contributed by atoms with Crippen molar-refractivity contribution in [2.75, 3.05) is 0 Å². The van der Waals surface area contributed by atoms with Crippen molar-refractivity contribution < 1.29 is 13.6 Å². The van der Waals surface area contributed by atoms with Gasteiger partial charge in [0.05, 0.1) is 5.52 Å². The van der Waals surface area contributed by atoms with Crippen molar-refractivity contribution in [2.45, 2.75) is 13.5 Å². The molecule has 0 atom stereocenters. The van der Waals surface area contributed by atoms with E-state index < -0.39 is 0 Å². The molecule has 6 aromatic rings. The first-order chi connectivity index (χ1) is 16.2. The van der Waals surface area contributed by atoms with Gasteiger partial charge in [0.25, 0.3) is 11.8 Å². The second-order valence-corrected chi connectivity index (χ2v) is 7.84. The first-order valence-corrected chi connectivity index (χ1v) is 10.6. The normalized spacial score (nSPS) is 11.3. The van der Waals surface area contributed by atoms with Crippen LogP contribution in [-0.4, -0.2) is 15.2 Å². The summed E-state index contributed by atoms with van der Waals surface area (Å²) in [6.07, 6.45) is 0. The van der Waals surface area contributed by atoms with E-state index in [4.69, 9.17) is 13.6 Å². The summed E-state index contributed by atoms with van der Waals surface area (Å²) < 4.78 is 17.7. The fourth-order valence-corrected chi connectivity index (χ4v) is 3.83. The molecule has 0 unspecified atom stereocenters. The molecule has 6 nitrogen and oxygen atoms in total. The topological polar surface area (TPSA) is 74.2 Å². The zero-order valence-electron chi connectivity index (χ0n) is 17.9. The van der Waals surface area contributed by atoms with Gasteiger partial charge < -0.3 is 13.6 Å². The number of aromatic nitrogens is 3. The molecule has 6 heteroatoms. The minimum atomic E-state index is 0.292. The maximum atomic E-state index is 6.01. The van der Waals surface area contributed by atoms with Crippen LogP contribution in [0.2, 0.25) is 0 Å². The van der Waals surface area contributed by atoms with E-state index in [-0.39, 0.29) is 0 Å². The van der Waals surface area contributed by atoms with Gasteiger partial charge in [-0.15, -0.1) is 10.2 Å². The van der Waals surface area contributed by atoms with Gasteiger partial charge in [-0.25, -0.2) is 4.98 Å². The minimum absolute atomic E-state index is 0.292. The Labute approximate surface area is 189 Å². The maximum Gasteiger partial charge on any atom is 0.283 e. The van der Waals surface area contributed by atoms with Crippen molar-refractivity contribution in [3.8, 4) is 29.0 Å². The van der Waals surface area contributed by atoms with Gasteiger partial charge in [0.1, 0.15) is 23.8 Å². The fourth-order valence-electron chi connectivity index (χ4n) is 3.83. The lowest BCUT2D eigenvalue weighted by Crippen LogP contribution is -1.94. The van der Waals surface area contributed by atoms with Crippen molar-refractivity contribution in [1.29, 1.82) is 0 Å². The largest absolute Gasteiger partial charge is 0.485 e. The van der Waals surface area contributed by atoms with Gasteiger partial charge in [-0.1, -0.05) is 54.1 Å². The van der Waals surface area contributed by atoms with Crippen LogP contribution in [0.25, 0.3) is 44.9 Å². The van der Waals surface area contributed by atoms with Crippen molar-refractivity contribution in [3.63, 3.8) is 0 Å². The molecule has 3 aromatic heterocycles. The predicted molar refractivity (Wildman–Crippen MR) is 126 cm³/mol. The van der Waals surface area contributed by atoms with Crippen molar-refractivity contribution >= 4 is 21.7 Å². The van der Waals surface area contributed by atoms with Crippen LogP contribution in [0.15, 0.2) is 93.8 Å². The van der Waals surface area contributed by atoms with Gasteiger partial charge in [-0.3, -0.25) is 0 Å². The Bertz CT molecular complexity index is 1590. The Hall–Kier alpha value is -4.45. The summed E-state index contributed by atoms with van der Waals surface area (Å²) in [5.41, 5.74) is 2.69. The van der Waals surface area contributed by atoms with Gasteiger partial charge >= 0.3 is 0 Å². The summed E-state index contributed by atoms with van der Waals surface area (Å²) in [5, 5.41) is 11.6. The van der Waals surface area contributed by atoms with E-state index in [2.05, 4.69) is 40.3 Å². The molecule has 0 fully saturated rings. The maximum absolute atomic E-state index is 6.01. The predicted octanol–water partition coefficient (Wildman–Crippen LogP) is 6.59. The van der Waals surface area contributed by atoms with E-state index in [1.807, 2.05) is 60.7 Å². The number of hydrogen-bond acceptors (Lipinski definition) is 6. The molecule has 0 amide bonds. The van der Waals surface area contributed by atoms with Crippen molar-refractivity contribution in [1.82, 2.24) is 15.2 Å². The van der Waals surface area contributed by atoms with E-state index in [0.29, 0.717) is 35.6 Å². The Kier molecular flexibility index (Phi) is 4.61. The summed E-state index contributed by atoms with van der Waals surface area (Å²) in [6.45, 7) is 2.35. The van der Waals surface area contributed by atoms with Crippen LogP contribution in [0.5, 0.6) is 5.75 Å². The molecule has 0 spiro atoms. The van der Waals surface area contributed by atoms with Gasteiger partial charge in [-0.05, 0) is 48.7 Å².